The fourth-order valence-electron chi connectivity index (χ4n) is 4.85. The Bertz CT molecular complexity index is 1210. The van der Waals surface area contributed by atoms with Crippen LogP contribution in [0, 0.1) is 0 Å². The molecule has 0 atom stereocenters. The monoisotopic (exact) mass is 481 g/mol. The number of hydrogen-bond acceptors (Lipinski definition) is 4. The van der Waals surface area contributed by atoms with Gasteiger partial charge in [0, 0.05) is 11.1 Å². The third-order valence-electron chi connectivity index (χ3n) is 6.73. The first-order chi connectivity index (χ1) is 17.5. The largest absolute Gasteiger partial charge is 0.508 e. The van der Waals surface area contributed by atoms with Gasteiger partial charge in [-0.1, -0.05) is 73.9 Å². The van der Waals surface area contributed by atoms with Crippen molar-refractivity contribution in [3.05, 3.63) is 120 Å². The average Bonchev–Trinajstić information content (AvgIpc) is 2.91. The van der Waals surface area contributed by atoms with E-state index >= 15 is 0 Å². The molecular formula is C31H31NO4. The van der Waals surface area contributed by atoms with Gasteiger partial charge in [0.05, 0.1) is 5.56 Å². The molecule has 0 aliphatic heterocycles. The van der Waals surface area contributed by atoms with Gasteiger partial charge in [0.15, 0.2) is 0 Å². The highest BCUT2D eigenvalue weighted by Crippen LogP contribution is 2.45. The molecule has 5 heteroatoms. The zero-order valence-corrected chi connectivity index (χ0v) is 20.1. The van der Waals surface area contributed by atoms with Crippen molar-refractivity contribution in [1.82, 2.24) is 0 Å². The molecule has 0 bridgehead atoms. The van der Waals surface area contributed by atoms with E-state index in [1.165, 1.54) is 36.5 Å². The normalized spacial score (nSPS) is 14.2. The fraction of sp³-hybridized carbons (Fsp3) is 0.194. The van der Waals surface area contributed by atoms with Gasteiger partial charge >= 0.3 is 0 Å². The summed E-state index contributed by atoms with van der Waals surface area (Å²) in [6.07, 6.45) is 5.99. The van der Waals surface area contributed by atoms with Gasteiger partial charge in [-0.05, 0) is 72.5 Å². The number of nitrogens with one attached hydrogen (secondary N) is 1. The van der Waals surface area contributed by atoms with Crippen LogP contribution in [0.5, 0.6) is 17.2 Å². The SMILES string of the molecule is O=C(Nc1ccccc1)c1ccccc1O.Oc1ccc(C2(c3ccc(O)cc3)CCCCC2)cc1. The van der Waals surface area contributed by atoms with Crippen LogP contribution in [0.4, 0.5) is 5.69 Å². The van der Waals surface area contributed by atoms with Crippen molar-refractivity contribution in [3.63, 3.8) is 0 Å². The highest BCUT2D eigenvalue weighted by molar-refractivity contribution is 6.06. The summed E-state index contributed by atoms with van der Waals surface area (Å²) in [7, 11) is 0. The third-order valence-corrected chi connectivity index (χ3v) is 6.73. The molecule has 1 aliphatic rings. The first-order valence-corrected chi connectivity index (χ1v) is 12.2. The van der Waals surface area contributed by atoms with Gasteiger partial charge in [0.25, 0.3) is 5.91 Å². The number of aromatic hydroxyl groups is 3. The van der Waals surface area contributed by atoms with Crippen molar-refractivity contribution in [1.29, 1.82) is 0 Å². The summed E-state index contributed by atoms with van der Waals surface area (Å²) in [5, 5.41) is 31.2. The van der Waals surface area contributed by atoms with Crippen LogP contribution >= 0.6 is 0 Å². The van der Waals surface area contributed by atoms with E-state index in [0.717, 1.165) is 12.8 Å². The second-order valence-electron chi connectivity index (χ2n) is 9.07. The molecule has 4 N–H and O–H groups in total. The first-order valence-electron chi connectivity index (χ1n) is 12.2. The zero-order chi connectivity index (χ0) is 25.4. The maximum absolute atomic E-state index is 11.8. The number of benzene rings is 4. The maximum Gasteiger partial charge on any atom is 0.259 e. The molecule has 0 heterocycles. The zero-order valence-electron chi connectivity index (χ0n) is 20.1. The summed E-state index contributed by atoms with van der Waals surface area (Å²) in [6, 6.07) is 30.8. The van der Waals surface area contributed by atoms with Crippen LogP contribution in [-0.2, 0) is 5.41 Å². The van der Waals surface area contributed by atoms with E-state index in [9.17, 15) is 20.1 Å². The minimum Gasteiger partial charge on any atom is -0.508 e. The highest BCUT2D eigenvalue weighted by atomic mass is 16.3. The standard InChI is InChI=1S/C18H20O2.C13H11NO2/c19-16-8-4-14(5-9-16)18(12-2-1-3-13-18)15-6-10-17(20)11-7-15;15-12-9-5-4-8-11(12)13(16)14-10-6-2-1-3-7-10/h4-11,19-20H,1-3,12-13H2;1-9,15H,(H,14,16). The van der Waals surface area contributed by atoms with Crippen LogP contribution in [0.25, 0.3) is 0 Å². The van der Waals surface area contributed by atoms with Crippen molar-refractivity contribution in [2.24, 2.45) is 0 Å². The molecule has 4 aromatic carbocycles. The van der Waals surface area contributed by atoms with Crippen LogP contribution < -0.4 is 5.32 Å². The van der Waals surface area contributed by atoms with Crippen LogP contribution in [-0.4, -0.2) is 21.2 Å². The molecule has 184 valence electrons. The lowest BCUT2D eigenvalue weighted by atomic mass is 9.65. The van der Waals surface area contributed by atoms with Gasteiger partial charge in [-0.25, -0.2) is 0 Å². The van der Waals surface area contributed by atoms with Crippen LogP contribution in [0.2, 0.25) is 0 Å². The molecule has 1 saturated carbocycles. The molecule has 0 saturated heterocycles. The highest BCUT2D eigenvalue weighted by Gasteiger charge is 2.35. The molecule has 4 aromatic rings. The number of phenols is 3. The van der Waals surface area contributed by atoms with E-state index in [-0.39, 0.29) is 22.6 Å². The fourth-order valence-corrected chi connectivity index (χ4v) is 4.85. The number of amides is 1. The van der Waals surface area contributed by atoms with E-state index in [1.54, 1.807) is 54.6 Å². The molecular weight excluding hydrogens is 450 g/mol. The van der Waals surface area contributed by atoms with Gasteiger partial charge < -0.3 is 20.6 Å². The molecule has 36 heavy (non-hydrogen) atoms. The lowest BCUT2D eigenvalue weighted by Crippen LogP contribution is -2.30. The Morgan fingerprint density at radius 2 is 1.11 bits per heavy atom. The molecule has 1 aliphatic carbocycles. The predicted molar refractivity (Wildman–Crippen MR) is 143 cm³/mol. The Balaban J connectivity index is 0.000000174. The second-order valence-corrected chi connectivity index (χ2v) is 9.07. The van der Waals surface area contributed by atoms with Crippen molar-refractivity contribution in [2.45, 2.75) is 37.5 Å². The Morgan fingerprint density at radius 3 is 1.64 bits per heavy atom. The number of carbonyl (C=O) groups is 1. The lowest BCUT2D eigenvalue weighted by Gasteiger charge is -2.38. The van der Waals surface area contributed by atoms with Crippen molar-refractivity contribution >= 4 is 11.6 Å². The Kier molecular flexibility index (Phi) is 7.91. The van der Waals surface area contributed by atoms with Gasteiger partial charge in [-0.3, -0.25) is 4.79 Å². The minimum atomic E-state index is -0.315. The van der Waals surface area contributed by atoms with E-state index in [1.807, 2.05) is 42.5 Å². The smallest absolute Gasteiger partial charge is 0.259 e. The van der Waals surface area contributed by atoms with Crippen molar-refractivity contribution in [3.8, 4) is 17.2 Å². The van der Waals surface area contributed by atoms with E-state index in [0.29, 0.717) is 17.2 Å². The van der Waals surface area contributed by atoms with Gasteiger partial charge in [-0.15, -0.1) is 0 Å². The summed E-state index contributed by atoms with van der Waals surface area (Å²) in [5.74, 6) is 0.288. The van der Waals surface area contributed by atoms with Gasteiger partial charge in [0.1, 0.15) is 17.2 Å². The Morgan fingerprint density at radius 1 is 0.611 bits per heavy atom. The number of hydrogen-bond donors (Lipinski definition) is 4. The quantitative estimate of drug-likeness (QED) is 0.253. The maximum atomic E-state index is 11.8. The molecule has 0 unspecified atom stereocenters. The first kappa shape index (κ1) is 24.9. The molecule has 0 spiro atoms. The van der Waals surface area contributed by atoms with E-state index < -0.39 is 0 Å². The van der Waals surface area contributed by atoms with Gasteiger partial charge in [-0.2, -0.15) is 0 Å². The predicted octanol–water partition coefficient (Wildman–Crippen LogP) is 6.99. The molecule has 5 nitrogen and oxygen atoms in total. The number of anilines is 1. The number of rotatable bonds is 4. The Labute approximate surface area is 211 Å². The minimum absolute atomic E-state index is 0.0177. The summed E-state index contributed by atoms with van der Waals surface area (Å²) >= 11 is 0. The van der Waals surface area contributed by atoms with Crippen LogP contribution in [0.3, 0.4) is 0 Å². The van der Waals surface area contributed by atoms with E-state index in [4.69, 9.17) is 0 Å². The van der Waals surface area contributed by atoms with Crippen molar-refractivity contribution < 1.29 is 20.1 Å². The van der Waals surface area contributed by atoms with Gasteiger partial charge in [0.2, 0.25) is 0 Å². The van der Waals surface area contributed by atoms with Crippen molar-refractivity contribution in [2.75, 3.05) is 5.32 Å². The molecule has 1 amide bonds. The summed E-state index contributed by atoms with van der Waals surface area (Å²) < 4.78 is 0. The number of para-hydroxylation sites is 2. The molecule has 5 rings (SSSR count). The third kappa shape index (κ3) is 5.87. The second kappa shape index (κ2) is 11.5. The van der Waals surface area contributed by atoms with E-state index in [2.05, 4.69) is 5.32 Å². The van der Waals surface area contributed by atoms with Crippen LogP contribution in [0.1, 0.15) is 53.6 Å². The number of phenolic OH excluding ortho intramolecular Hbond substituents is 3. The summed E-state index contributed by atoms with van der Waals surface area (Å²) in [6.45, 7) is 0. The summed E-state index contributed by atoms with van der Waals surface area (Å²) in [5.41, 5.74) is 3.53. The van der Waals surface area contributed by atoms with Crippen LogP contribution in [0.15, 0.2) is 103 Å². The molecule has 0 aromatic heterocycles. The average molecular weight is 482 g/mol. The molecule has 0 radical (unpaired) electrons. The topological polar surface area (TPSA) is 89.8 Å². The number of carbonyl (C=O) groups excluding carboxylic acids is 1. The Hall–Kier alpha value is -4.25. The lowest BCUT2D eigenvalue weighted by molar-refractivity contribution is 0.102. The summed E-state index contributed by atoms with van der Waals surface area (Å²) in [4.78, 5) is 11.8. The molecule has 1 fully saturated rings.